The average molecular weight is 299 g/mol. The molecule has 0 bridgehead atoms. The molecule has 2 heterocycles. The molecule has 0 aromatic carbocycles. The fourth-order valence-corrected chi connectivity index (χ4v) is 3.87. The Morgan fingerprint density at radius 1 is 1.45 bits per heavy atom. The summed E-state index contributed by atoms with van der Waals surface area (Å²) in [6.45, 7) is 1.30. The van der Waals surface area contributed by atoms with Gasteiger partial charge < -0.3 is 5.11 Å². The van der Waals surface area contributed by atoms with E-state index >= 15 is 0 Å². The second kappa shape index (κ2) is 6.62. The quantitative estimate of drug-likeness (QED) is 0.857. The number of hydrogen-bond acceptors (Lipinski definition) is 4. The van der Waals surface area contributed by atoms with E-state index in [1.54, 1.807) is 31.6 Å². The molecule has 20 heavy (non-hydrogen) atoms. The Bertz CT molecular complexity index is 521. The van der Waals surface area contributed by atoms with E-state index in [0.717, 1.165) is 18.4 Å². The zero-order chi connectivity index (χ0) is 14.6. The second-order valence-electron chi connectivity index (χ2n) is 5.17. The van der Waals surface area contributed by atoms with Gasteiger partial charge in [0.2, 0.25) is 0 Å². The van der Waals surface area contributed by atoms with Crippen LogP contribution in [0, 0.1) is 5.92 Å². The Labute approximate surface area is 120 Å². The lowest BCUT2D eigenvalue weighted by Gasteiger charge is -2.33. The zero-order valence-corrected chi connectivity index (χ0v) is 12.5. The molecule has 7 heteroatoms. The van der Waals surface area contributed by atoms with Gasteiger partial charge in [0.05, 0.1) is 0 Å². The van der Waals surface area contributed by atoms with Crippen LogP contribution in [0.4, 0.5) is 0 Å². The summed E-state index contributed by atoms with van der Waals surface area (Å²) in [7, 11) is -1.89. The lowest BCUT2D eigenvalue weighted by Crippen LogP contribution is -2.47. The van der Waals surface area contributed by atoms with E-state index in [-0.39, 0.29) is 12.5 Å². The number of nitrogens with zero attached hydrogens (tertiary/aromatic N) is 3. The minimum Gasteiger partial charge on any atom is -0.396 e. The van der Waals surface area contributed by atoms with Crippen molar-refractivity contribution in [2.24, 2.45) is 5.92 Å². The highest BCUT2D eigenvalue weighted by Gasteiger charge is 2.31. The fraction of sp³-hybridized carbons (Fsp3) is 0.615. The van der Waals surface area contributed by atoms with Crippen molar-refractivity contribution in [3.8, 4) is 0 Å². The summed E-state index contributed by atoms with van der Waals surface area (Å²) in [5, 5.41) is 9.21. The van der Waals surface area contributed by atoms with E-state index in [1.165, 1.54) is 8.61 Å². The maximum absolute atomic E-state index is 12.5. The number of hydrogen-bond donors (Lipinski definition) is 1. The van der Waals surface area contributed by atoms with Crippen molar-refractivity contribution >= 4 is 10.2 Å². The Hall–Kier alpha value is -1.02. The van der Waals surface area contributed by atoms with Gasteiger partial charge in [-0.15, -0.1) is 0 Å². The monoisotopic (exact) mass is 299 g/mol. The summed E-state index contributed by atoms with van der Waals surface area (Å²) in [6, 6.07) is 3.61. The van der Waals surface area contributed by atoms with E-state index in [4.69, 9.17) is 0 Å². The smallest absolute Gasteiger partial charge is 0.282 e. The molecular weight excluding hydrogens is 278 g/mol. The molecule has 2 rings (SSSR count). The molecule has 1 N–H and O–H groups in total. The number of aromatic nitrogens is 1. The maximum atomic E-state index is 12.5. The van der Waals surface area contributed by atoms with Crippen LogP contribution in [0.5, 0.6) is 0 Å². The van der Waals surface area contributed by atoms with Crippen LogP contribution in [0.1, 0.15) is 18.4 Å². The first-order valence-electron chi connectivity index (χ1n) is 6.75. The van der Waals surface area contributed by atoms with Crippen LogP contribution in [-0.4, -0.2) is 53.9 Å². The first-order chi connectivity index (χ1) is 9.54. The third-order valence-corrected chi connectivity index (χ3v) is 5.52. The number of rotatable bonds is 5. The van der Waals surface area contributed by atoms with Gasteiger partial charge >= 0.3 is 0 Å². The summed E-state index contributed by atoms with van der Waals surface area (Å²) in [6.07, 6.45) is 4.99. The van der Waals surface area contributed by atoms with Crippen LogP contribution in [0.25, 0.3) is 0 Å². The fourth-order valence-electron chi connectivity index (χ4n) is 2.41. The molecule has 1 aliphatic rings. The van der Waals surface area contributed by atoms with E-state index in [1.807, 2.05) is 0 Å². The van der Waals surface area contributed by atoms with E-state index in [9.17, 15) is 13.5 Å². The van der Waals surface area contributed by atoms with Gasteiger partial charge in [-0.2, -0.15) is 17.0 Å². The highest BCUT2D eigenvalue weighted by Crippen LogP contribution is 2.21. The lowest BCUT2D eigenvalue weighted by molar-refractivity contribution is 0.161. The molecule has 1 aromatic heterocycles. The normalized spacial score (nSPS) is 21.2. The average Bonchev–Trinajstić information content (AvgIpc) is 2.48. The van der Waals surface area contributed by atoms with Crippen LogP contribution in [0.2, 0.25) is 0 Å². The van der Waals surface area contributed by atoms with Crippen molar-refractivity contribution in [2.45, 2.75) is 19.4 Å². The first kappa shape index (κ1) is 15.4. The second-order valence-corrected chi connectivity index (χ2v) is 7.20. The molecule has 1 fully saturated rings. The largest absolute Gasteiger partial charge is 0.396 e. The molecule has 6 nitrogen and oxygen atoms in total. The van der Waals surface area contributed by atoms with Gasteiger partial charge in [-0.3, -0.25) is 4.98 Å². The number of pyridine rings is 1. The molecule has 1 aliphatic heterocycles. The van der Waals surface area contributed by atoms with Gasteiger partial charge in [0, 0.05) is 45.7 Å². The molecule has 1 aromatic rings. The summed E-state index contributed by atoms with van der Waals surface area (Å²) < 4.78 is 27.8. The molecule has 0 radical (unpaired) electrons. The zero-order valence-electron chi connectivity index (χ0n) is 11.6. The van der Waals surface area contributed by atoms with Crippen molar-refractivity contribution < 1.29 is 13.5 Å². The summed E-state index contributed by atoms with van der Waals surface area (Å²) in [5.41, 5.74) is 0.904. The highest BCUT2D eigenvalue weighted by atomic mass is 32.2. The van der Waals surface area contributed by atoms with Crippen LogP contribution in [0.15, 0.2) is 24.5 Å². The maximum Gasteiger partial charge on any atom is 0.282 e. The number of aliphatic hydroxyl groups is 1. The van der Waals surface area contributed by atoms with Crippen molar-refractivity contribution in [2.75, 3.05) is 26.7 Å². The predicted molar refractivity (Wildman–Crippen MR) is 76.0 cm³/mol. The summed E-state index contributed by atoms with van der Waals surface area (Å²) in [5.74, 6) is 0.0489. The number of piperidine rings is 1. The molecule has 0 saturated carbocycles. The summed E-state index contributed by atoms with van der Waals surface area (Å²) in [4.78, 5) is 3.92. The first-order valence-corrected chi connectivity index (χ1v) is 8.15. The van der Waals surface area contributed by atoms with Gasteiger partial charge in [-0.25, -0.2) is 0 Å². The Morgan fingerprint density at radius 3 is 2.80 bits per heavy atom. The van der Waals surface area contributed by atoms with Gasteiger partial charge in [-0.1, -0.05) is 0 Å². The molecular formula is C13H21N3O3S. The standard InChI is InChI=1S/C13H21N3O3S/c1-15(9-12-4-6-14-7-5-12)20(18,19)16-8-2-3-13(10-16)11-17/h4-7,13,17H,2-3,8-11H2,1H3. The molecule has 1 atom stereocenters. The summed E-state index contributed by atoms with van der Waals surface area (Å²) >= 11 is 0. The molecule has 0 amide bonds. The van der Waals surface area contributed by atoms with Crippen LogP contribution in [-0.2, 0) is 16.8 Å². The van der Waals surface area contributed by atoms with Gasteiger partial charge in [0.15, 0.2) is 0 Å². The minimum atomic E-state index is -3.47. The third-order valence-electron chi connectivity index (χ3n) is 3.61. The molecule has 0 spiro atoms. The van der Waals surface area contributed by atoms with E-state index in [0.29, 0.717) is 19.6 Å². The Morgan fingerprint density at radius 2 is 2.15 bits per heavy atom. The highest BCUT2D eigenvalue weighted by molar-refractivity contribution is 7.86. The topological polar surface area (TPSA) is 73.7 Å². The lowest BCUT2D eigenvalue weighted by atomic mass is 10.0. The van der Waals surface area contributed by atoms with Crippen molar-refractivity contribution in [1.82, 2.24) is 13.6 Å². The minimum absolute atomic E-state index is 0.0418. The van der Waals surface area contributed by atoms with Crippen molar-refractivity contribution in [1.29, 1.82) is 0 Å². The molecule has 112 valence electrons. The third kappa shape index (κ3) is 3.54. The van der Waals surface area contributed by atoms with Crippen LogP contribution in [0.3, 0.4) is 0 Å². The molecule has 1 unspecified atom stereocenters. The van der Waals surface area contributed by atoms with Crippen molar-refractivity contribution in [3.63, 3.8) is 0 Å². The van der Waals surface area contributed by atoms with Gasteiger partial charge in [0.1, 0.15) is 0 Å². The molecule has 1 saturated heterocycles. The van der Waals surface area contributed by atoms with Gasteiger partial charge in [0.25, 0.3) is 10.2 Å². The van der Waals surface area contributed by atoms with Gasteiger partial charge in [-0.05, 0) is 36.5 Å². The predicted octanol–water partition coefficient (Wildman–Crippen LogP) is 0.462. The van der Waals surface area contributed by atoms with E-state index < -0.39 is 10.2 Å². The van der Waals surface area contributed by atoms with Crippen LogP contribution >= 0.6 is 0 Å². The van der Waals surface area contributed by atoms with Crippen LogP contribution < -0.4 is 0 Å². The van der Waals surface area contributed by atoms with Crippen molar-refractivity contribution in [3.05, 3.63) is 30.1 Å². The molecule has 0 aliphatic carbocycles. The Balaban J connectivity index is 2.05. The van der Waals surface area contributed by atoms with E-state index in [2.05, 4.69) is 4.98 Å². The Kier molecular flexibility index (Phi) is 5.09. The number of aliphatic hydroxyl groups excluding tert-OH is 1. The SMILES string of the molecule is CN(Cc1ccncc1)S(=O)(=O)N1CCCC(CO)C1.